The summed E-state index contributed by atoms with van der Waals surface area (Å²) < 4.78 is 215. The number of hydrogen-bond acceptors (Lipinski definition) is 32. The summed E-state index contributed by atoms with van der Waals surface area (Å²) in [6.07, 6.45) is 13.2. The lowest BCUT2D eigenvalue weighted by atomic mass is 9.97. The molecule has 0 spiro atoms. The minimum Gasteiger partial charge on any atom is -0.493 e. The average molecular weight is 2140 g/mol. The molecular weight excluding hydrogens is 2000 g/mol. The SMILES string of the molecule is CC(C)(C)OC(=O)N1CCC(COc2cccc3c2C(N)=NS(=O)(=O)C3)CC1.CC(C)(C)OC(=O)N1CCC(Oc2cccc3c2C(N)=NS(=O)(=O)C3)CC1.CC(C)(C)OC(=O)N1CCC[C@H](Oc2cccc3c2C(N)=NS(=O)(=O)C3)C1.CC(C)N1CCC(Oc2cccc3c2C(N)=NS(=O)(=O)C3)CC1.CN1CCC(Oc2cccc3c2C(N)=NS(=O)(=O)C3)CC1.NC1=NS(=O)(=O)Cc2cccc(OC3CCCCC3)c21. The first-order chi connectivity index (χ1) is 68.5. The lowest BCUT2D eigenvalue weighted by Crippen LogP contribution is -2.46. The lowest BCUT2D eigenvalue weighted by molar-refractivity contribution is 0.00753. The van der Waals surface area contributed by atoms with Crippen LogP contribution in [0.3, 0.4) is 0 Å². The zero-order valence-electron chi connectivity index (χ0n) is 84.7. The number of fused-ring (bicyclic) bond motifs is 6. The summed E-state index contributed by atoms with van der Waals surface area (Å²) in [5.41, 5.74) is 40.8. The van der Waals surface area contributed by atoms with Gasteiger partial charge in [0.15, 0.2) is 0 Å². The Morgan fingerprint density at radius 3 is 0.856 bits per heavy atom. The molecule has 1 aliphatic carbocycles. The number of carbonyl (C=O) groups is 3. The summed E-state index contributed by atoms with van der Waals surface area (Å²) in [6.45, 7) is 28.8. The highest BCUT2D eigenvalue weighted by atomic mass is 32.2. The summed E-state index contributed by atoms with van der Waals surface area (Å²) in [5, 5.41) is 0. The molecule has 11 heterocycles. The van der Waals surface area contributed by atoms with E-state index in [1.54, 1.807) is 93.6 Å². The van der Waals surface area contributed by atoms with E-state index in [1.165, 1.54) is 19.3 Å². The number of likely N-dealkylation sites (tertiary alicyclic amines) is 5. The third-order valence-electron chi connectivity index (χ3n) is 25.4. The van der Waals surface area contributed by atoms with Gasteiger partial charge in [0.1, 0.15) is 111 Å². The van der Waals surface area contributed by atoms with Crippen LogP contribution in [0.15, 0.2) is 136 Å². The zero-order chi connectivity index (χ0) is 106. The quantitative estimate of drug-likeness (QED) is 0.0552. The summed E-state index contributed by atoms with van der Waals surface area (Å²) in [5.74, 6) is 2.85. The Morgan fingerprint density at radius 1 is 0.315 bits per heavy atom. The fraction of sp³-hybridized carbons (Fsp3) is 0.545. The maximum absolute atomic E-state index is 12.3. The Balaban J connectivity index is 0.000000147. The molecule has 1 saturated carbocycles. The van der Waals surface area contributed by atoms with Gasteiger partial charge in [-0.2, -0.15) is 0 Å². The van der Waals surface area contributed by atoms with Crippen molar-refractivity contribution in [1.29, 1.82) is 0 Å². The molecule has 0 aromatic heterocycles. The third-order valence-corrected chi connectivity index (χ3v) is 32.3. The van der Waals surface area contributed by atoms with Crippen molar-refractivity contribution in [3.63, 3.8) is 0 Å². The molecule has 12 aliphatic rings. The molecule has 47 heteroatoms. The van der Waals surface area contributed by atoms with E-state index >= 15 is 0 Å². The molecule has 12 N–H and O–H groups in total. The topological polar surface area (TPSA) is 586 Å². The minimum atomic E-state index is -3.59. The van der Waals surface area contributed by atoms with Gasteiger partial charge in [-0.15, -0.1) is 26.4 Å². The summed E-state index contributed by atoms with van der Waals surface area (Å²) in [6, 6.07) is 32.4. The number of nitrogens with zero attached hydrogens (tertiary/aromatic N) is 11. The second-order valence-corrected chi connectivity index (χ2v) is 51.0. The zero-order valence-corrected chi connectivity index (χ0v) is 89.6. The highest BCUT2D eigenvalue weighted by Crippen LogP contribution is 2.39. The fourth-order valence-electron chi connectivity index (χ4n) is 18.6. The van der Waals surface area contributed by atoms with Crippen molar-refractivity contribution >= 4 is 113 Å². The summed E-state index contributed by atoms with van der Waals surface area (Å²) in [4.78, 5) is 46.3. The average Bonchev–Trinajstić information content (AvgIpc) is 0.798. The number of rotatable bonds is 14. The number of sulfonamides is 6. The van der Waals surface area contributed by atoms with Crippen molar-refractivity contribution in [1.82, 2.24) is 24.5 Å². The van der Waals surface area contributed by atoms with Crippen molar-refractivity contribution in [2.24, 2.45) is 66.7 Å². The first-order valence-electron chi connectivity index (χ1n) is 49.0. The molecule has 1 atom stereocenters. The first kappa shape index (κ1) is 112. The van der Waals surface area contributed by atoms with E-state index in [2.05, 4.69) is 57.1 Å². The van der Waals surface area contributed by atoms with Crippen molar-refractivity contribution < 1.29 is 108 Å². The van der Waals surface area contributed by atoms with Crippen LogP contribution in [0.4, 0.5) is 14.4 Å². The van der Waals surface area contributed by atoms with E-state index in [0.29, 0.717) is 172 Å². The highest BCUT2D eigenvalue weighted by Gasteiger charge is 2.39. The van der Waals surface area contributed by atoms with E-state index < -0.39 is 76.9 Å². The molecule has 11 aliphatic heterocycles. The first-order valence-corrected chi connectivity index (χ1v) is 58.7. The van der Waals surface area contributed by atoms with E-state index in [9.17, 15) is 64.9 Å². The molecular formula is C99H137N17O24S6. The number of piperidine rings is 5. The van der Waals surface area contributed by atoms with Crippen LogP contribution in [0, 0.1) is 5.92 Å². The predicted molar refractivity (Wildman–Crippen MR) is 557 cm³/mol. The number of hydrogen-bond donors (Lipinski definition) is 6. The molecule has 0 bridgehead atoms. The third kappa shape index (κ3) is 31.3. The van der Waals surface area contributed by atoms with E-state index in [4.69, 9.17) is 77.0 Å². The number of benzene rings is 6. The monoisotopic (exact) mass is 2140 g/mol. The Bertz CT molecular complexity index is 6720. The van der Waals surface area contributed by atoms with Gasteiger partial charge in [0.25, 0.3) is 60.1 Å². The van der Waals surface area contributed by atoms with Crippen molar-refractivity contribution in [3.05, 3.63) is 176 Å². The highest BCUT2D eigenvalue weighted by molar-refractivity contribution is 7.91. The van der Waals surface area contributed by atoms with Gasteiger partial charge in [-0.25, -0.2) is 64.9 Å². The molecule has 0 radical (unpaired) electrons. The van der Waals surface area contributed by atoms with Gasteiger partial charge < -0.3 is 102 Å². The van der Waals surface area contributed by atoms with E-state index in [1.807, 2.05) is 92.6 Å². The van der Waals surface area contributed by atoms with E-state index in [0.717, 1.165) is 90.4 Å². The van der Waals surface area contributed by atoms with Crippen LogP contribution in [0.25, 0.3) is 0 Å². The Labute approximate surface area is 856 Å². The molecule has 5 saturated heterocycles. The summed E-state index contributed by atoms with van der Waals surface area (Å²) >= 11 is 0. The number of ether oxygens (including phenoxy) is 9. The van der Waals surface area contributed by atoms with Crippen LogP contribution in [-0.4, -0.2) is 261 Å². The molecule has 798 valence electrons. The van der Waals surface area contributed by atoms with Crippen LogP contribution >= 0.6 is 0 Å². The fourth-order valence-corrected chi connectivity index (χ4v) is 25.1. The second kappa shape index (κ2) is 46.4. The Morgan fingerprint density at radius 2 is 0.562 bits per heavy atom. The van der Waals surface area contributed by atoms with Gasteiger partial charge in [-0.05, 0) is 236 Å². The number of amidine groups is 6. The molecule has 6 aromatic rings. The largest absolute Gasteiger partial charge is 0.493 e. The van der Waals surface area contributed by atoms with Crippen LogP contribution in [0.2, 0.25) is 0 Å². The molecule has 18 rings (SSSR count). The predicted octanol–water partition coefficient (Wildman–Crippen LogP) is 10.4. The molecule has 6 fully saturated rings. The Hall–Kier alpha value is -11.6. The van der Waals surface area contributed by atoms with E-state index in [-0.39, 0.29) is 118 Å². The van der Waals surface area contributed by atoms with Crippen LogP contribution in [0.1, 0.15) is 239 Å². The minimum absolute atomic E-state index is 0.0276. The molecule has 6 aromatic carbocycles. The standard InChI is InChI=1S/C19H27N3O5S.2C18H25N3O5S.C16H23N3O3S.C14H19N3O3S.C14H18N2O3S/c1-19(2,3)27-18(23)22-9-7-13(8-10-22)11-26-15-6-4-5-14-12-28(24,25)21-17(20)16(14)15;1-18(2,3)26-17(22)21-9-5-7-13(10-21)25-14-8-4-6-12-11-27(23,24)20-16(19)15(12)14;1-18(2,3)26-17(22)21-9-7-13(8-10-21)25-14-6-4-5-12-11-27(23,24)20-16(19)15(12)14;1-11(2)19-8-6-13(7-9-19)22-14-5-3-4-12-10-23(20,21)18-16(17)15(12)14;1-17-7-5-11(6-8-17)20-12-4-2-3-10-9-21(18,19)16-14(15)13(10)12;15-14-13-10(9-20(17,18)16-14)5-4-8-12(13)19-11-6-2-1-3-7-11/h4-6,13H,7-12H2,1-3H3,(H2,20,21);4,6,8,13H,5,7,9-11H2,1-3H3,(H2,19,20);4-6,13H,7-11H2,1-3H3,(H2,19,20);3-5,11,13H,6-10H2,1-2H3,(H2,17,18);2-4,11H,5-9H2,1H3,(H2,15,16);4-5,8,11H,1-3,6-7,9H2,(H2,15,16)/t;13-;;;;/m.0..../s1. The van der Waals surface area contributed by atoms with Crippen LogP contribution < -0.4 is 62.8 Å². The van der Waals surface area contributed by atoms with Crippen molar-refractivity contribution in [2.75, 3.05) is 79.1 Å². The normalized spacial score (nSPS) is 21.1. The maximum Gasteiger partial charge on any atom is 0.410 e. The van der Waals surface area contributed by atoms with Crippen molar-refractivity contribution in [2.45, 2.75) is 260 Å². The van der Waals surface area contributed by atoms with Gasteiger partial charge in [-0.3, -0.25) is 0 Å². The molecule has 0 unspecified atom stereocenters. The van der Waals surface area contributed by atoms with Gasteiger partial charge in [0.2, 0.25) is 0 Å². The lowest BCUT2D eigenvalue weighted by Gasteiger charge is -2.35. The molecule has 41 nitrogen and oxygen atoms in total. The van der Waals surface area contributed by atoms with Gasteiger partial charge in [0, 0.05) is 77.8 Å². The maximum atomic E-state index is 12.3. The number of carbonyl (C=O) groups excluding carboxylic acids is 3. The van der Waals surface area contributed by atoms with Crippen LogP contribution in [-0.2, 0) is 109 Å². The summed E-state index contributed by atoms with van der Waals surface area (Å²) in [7, 11) is -19.1. The van der Waals surface area contributed by atoms with Crippen LogP contribution in [0.5, 0.6) is 34.5 Å². The van der Waals surface area contributed by atoms with Gasteiger partial charge in [-0.1, -0.05) is 79.2 Å². The van der Waals surface area contributed by atoms with Gasteiger partial charge in [0.05, 0.1) is 87.2 Å². The molecule has 3 amide bonds. The van der Waals surface area contributed by atoms with Gasteiger partial charge >= 0.3 is 18.3 Å². The smallest absolute Gasteiger partial charge is 0.410 e. The molecule has 146 heavy (non-hydrogen) atoms. The number of nitrogens with two attached hydrogens (primary N) is 6. The second-order valence-electron chi connectivity index (χ2n) is 41.2. The van der Waals surface area contributed by atoms with Crippen molar-refractivity contribution in [3.8, 4) is 34.5 Å². The Kier molecular flexibility index (Phi) is 35.5. The number of amides is 3.